The number of aryl methyl sites for hydroxylation is 2. The van der Waals surface area contributed by atoms with Gasteiger partial charge in [0, 0.05) is 31.9 Å². The van der Waals surface area contributed by atoms with E-state index < -0.39 is 5.69 Å². The lowest BCUT2D eigenvalue weighted by Gasteiger charge is -2.16. The maximum Gasteiger partial charge on any atom is 0.331 e. The molecule has 7 heteroatoms. The zero-order valence-electron chi connectivity index (χ0n) is 19.1. The van der Waals surface area contributed by atoms with Gasteiger partial charge in [-0.15, -0.1) is 0 Å². The Labute approximate surface area is 191 Å². The molecule has 1 atom stereocenters. The van der Waals surface area contributed by atoms with Gasteiger partial charge in [-0.2, -0.15) is 0 Å². The minimum Gasteiger partial charge on any atom is -0.352 e. The van der Waals surface area contributed by atoms with E-state index in [1.165, 1.54) is 17.2 Å². The Bertz CT molecular complexity index is 1400. The molecule has 33 heavy (non-hydrogen) atoms. The van der Waals surface area contributed by atoms with Crippen LogP contribution < -0.4 is 16.6 Å². The number of hydrogen-bond donors (Lipinski definition) is 1. The van der Waals surface area contributed by atoms with Crippen molar-refractivity contribution in [1.29, 1.82) is 0 Å². The third-order valence-corrected chi connectivity index (χ3v) is 5.95. The molecule has 0 saturated heterocycles. The van der Waals surface area contributed by atoms with Crippen molar-refractivity contribution in [3.63, 3.8) is 0 Å². The van der Waals surface area contributed by atoms with Crippen molar-refractivity contribution >= 4 is 16.9 Å². The van der Waals surface area contributed by atoms with E-state index in [1.807, 2.05) is 61.7 Å². The minimum absolute atomic E-state index is 0.0548. The molecule has 170 valence electrons. The number of carbonyl (C=O) groups is 1. The molecule has 0 saturated carbocycles. The number of aromatic nitrogens is 3. The van der Waals surface area contributed by atoms with Gasteiger partial charge in [0.2, 0.25) is 5.91 Å². The quantitative estimate of drug-likeness (QED) is 0.476. The van der Waals surface area contributed by atoms with Crippen LogP contribution in [0, 0.1) is 0 Å². The highest BCUT2D eigenvalue weighted by Gasteiger charge is 2.21. The van der Waals surface area contributed by atoms with E-state index in [0.29, 0.717) is 11.0 Å². The summed E-state index contributed by atoms with van der Waals surface area (Å²) < 4.78 is 4.18. The predicted molar refractivity (Wildman–Crippen MR) is 130 cm³/mol. The summed E-state index contributed by atoms with van der Waals surface area (Å²) in [5.41, 5.74) is 2.81. The summed E-state index contributed by atoms with van der Waals surface area (Å²) in [5, 5.41) is 3.00. The zero-order chi connectivity index (χ0) is 23.5. The van der Waals surface area contributed by atoms with Gasteiger partial charge in [0.1, 0.15) is 12.1 Å². The number of nitrogens with zero attached hydrogens (tertiary/aromatic N) is 3. The largest absolute Gasteiger partial charge is 0.352 e. The van der Waals surface area contributed by atoms with Crippen LogP contribution in [-0.2, 0) is 31.9 Å². The number of hydrogen-bond acceptors (Lipinski definition) is 3. The van der Waals surface area contributed by atoms with Crippen LogP contribution in [0.4, 0.5) is 0 Å². The molecule has 0 unspecified atom stereocenters. The molecule has 7 nitrogen and oxygen atoms in total. The third kappa shape index (κ3) is 4.53. The smallest absolute Gasteiger partial charge is 0.331 e. The highest BCUT2D eigenvalue weighted by molar-refractivity contribution is 5.93. The molecule has 0 aliphatic carbocycles. The fraction of sp³-hybridized carbons (Fsp3) is 0.269. The van der Waals surface area contributed by atoms with Crippen molar-refractivity contribution in [3.8, 4) is 11.1 Å². The first-order valence-corrected chi connectivity index (χ1v) is 11.0. The standard InChI is InChI=1S/C26H28N4O3/c1-18(14-15-19-10-6-4-7-11-19)27-22(31)17-30-23-21(20-12-8-5-9-13-20)16-28(2)24(23)25(32)29(3)26(30)33/h4-13,16,18H,14-15,17H2,1-3H3,(H,27,31)/t18-/m1/s1. The summed E-state index contributed by atoms with van der Waals surface area (Å²) in [6.07, 6.45) is 3.47. The monoisotopic (exact) mass is 444 g/mol. The van der Waals surface area contributed by atoms with Gasteiger partial charge in [-0.05, 0) is 30.9 Å². The fourth-order valence-electron chi connectivity index (χ4n) is 4.20. The molecule has 4 aromatic rings. The molecule has 0 aliphatic rings. The predicted octanol–water partition coefficient (Wildman–Crippen LogP) is 2.84. The Hall–Kier alpha value is -3.87. The first-order valence-electron chi connectivity index (χ1n) is 11.0. The topological polar surface area (TPSA) is 78.0 Å². The van der Waals surface area contributed by atoms with Crippen LogP contribution in [0.1, 0.15) is 18.9 Å². The first-order chi connectivity index (χ1) is 15.9. The lowest BCUT2D eigenvalue weighted by molar-refractivity contribution is -0.122. The van der Waals surface area contributed by atoms with Gasteiger partial charge in [-0.25, -0.2) is 4.79 Å². The normalized spacial score (nSPS) is 12.1. The van der Waals surface area contributed by atoms with Crippen molar-refractivity contribution < 1.29 is 4.79 Å². The van der Waals surface area contributed by atoms with Crippen LogP contribution in [0.25, 0.3) is 22.2 Å². The molecule has 2 aromatic heterocycles. The molecule has 0 fully saturated rings. The van der Waals surface area contributed by atoms with Crippen molar-refractivity contribution in [3.05, 3.63) is 93.3 Å². The van der Waals surface area contributed by atoms with Crippen LogP contribution >= 0.6 is 0 Å². The van der Waals surface area contributed by atoms with Gasteiger partial charge in [0.25, 0.3) is 5.56 Å². The van der Waals surface area contributed by atoms with Crippen LogP contribution in [0.2, 0.25) is 0 Å². The minimum atomic E-state index is -0.511. The molecular formula is C26H28N4O3. The first kappa shape index (κ1) is 22.3. The van der Waals surface area contributed by atoms with Crippen LogP contribution in [0.15, 0.2) is 76.4 Å². The Morgan fingerprint density at radius 2 is 1.58 bits per heavy atom. The number of nitrogens with one attached hydrogen (secondary N) is 1. The highest BCUT2D eigenvalue weighted by atomic mass is 16.2. The van der Waals surface area contributed by atoms with Gasteiger partial charge in [-0.3, -0.25) is 18.7 Å². The summed E-state index contributed by atoms with van der Waals surface area (Å²) in [4.78, 5) is 38.9. The van der Waals surface area contributed by atoms with Crippen molar-refractivity contribution in [2.45, 2.75) is 32.4 Å². The van der Waals surface area contributed by atoms with E-state index in [-0.39, 0.29) is 24.1 Å². The molecule has 2 aromatic carbocycles. The van der Waals surface area contributed by atoms with Gasteiger partial charge in [-0.1, -0.05) is 60.7 Å². The molecule has 1 N–H and O–H groups in total. The third-order valence-electron chi connectivity index (χ3n) is 5.95. The summed E-state index contributed by atoms with van der Waals surface area (Å²) >= 11 is 0. The van der Waals surface area contributed by atoms with Crippen molar-refractivity contribution in [1.82, 2.24) is 19.0 Å². The second-order valence-corrected chi connectivity index (χ2v) is 8.44. The Balaban J connectivity index is 1.65. The van der Waals surface area contributed by atoms with Crippen LogP contribution in [0.3, 0.4) is 0 Å². The summed E-state index contributed by atoms with van der Waals surface area (Å²) in [6, 6.07) is 19.6. The SMILES string of the molecule is C[C@H](CCc1ccccc1)NC(=O)Cn1c(=O)n(C)c(=O)c2c1c(-c1ccccc1)cn2C. The number of carbonyl (C=O) groups excluding carboxylic acids is 1. The fourth-order valence-corrected chi connectivity index (χ4v) is 4.20. The molecule has 1 amide bonds. The number of amides is 1. The van der Waals surface area contributed by atoms with E-state index >= 15 is 0 Å². The number of fused-ring (bicyclic) bond motifs is 1. The lowest BCUT2D eigenvalue weighted by atomic mass is 10.1. The van der Waals surface area contributed by atoms with E-state index in [1.54, 1.807) is 11.6 Å². The molecule has 0 spiro atoms. The molecule has 0 aliphatic heterocycles. The van der Waals surface area contributed by atoms with Crippen LogP contribution in [-0.4, -0.2) is 25.7 Å². The lowest BCUT2D eigenvalue weighted by Crippen LogP contribution is -2.43. The summed E-state index contributed by atoms with van der Waals surface area (Å²) in [6.45, 7) is 1.79. The van der Waals surface area contributed by atoms with E-state index in [0.717, 1.165) is 28.5 Å². The summed E-state index contributed by atoms with van der Waals surface area (Å²) in [5.74, 6) is -0.263. The Morgan fingerprint density at radius 1 is 0.939 bits per heavy atom. The maximum absolute atomic E-state index is 13.1. The highest BCUT2D eigenvalue weighted by Crippen LogP contribution is 2.27. The molecule has 4 rings (SSSR count). The molecular weight excluding hydrogens is 416 g/mol. The molecule has 0 radical (unpaired) electrons. The van der Waals surface area contributed by atoms with Gasteiger partial charge in [0.05, 0.1) is 5.52 Å². The summed E-state index contributed by atoms with van der Waals surface area (Å²) in [7, 11) is 3.22. The zero-order valence-corrected chi connectivity index (χ0v) is 19.1. The number of rotatable bonds is 7. The second-order valence-electron chi connectivity index (χ2n) is 8.44. The second kappa shape index (κ2) is 9.32. The molecule has 2 heterocycles. The molecule has 0 bridgehead atoms. The van der Waals surface area contributed by atoms with Gasteiger partial charge >= 0.3 is 5.69 Å². The Morgan fingerprint density at radius 3 is 2.24 bits per heavy atom. The van der Waals surface area contributed by atoms with E-state index in [9.17, 15) is 14.4 Å². The van der Waals surface area contributed by atoms with Crippen LogP contribution in [0.5, 0.6) is 0 Å². The van der Waals surface area contributed by atoms with Crippen molar-refractivity contribution in [2.24, 2.45) is 14.1 Å². The van der Waals surface area contributed by atoms with Gasteiger partial charge in [0.15, 0.2) is 0 Å². The maximum atomic E-state index is 13.1. The van der Waals surface area contributed by atoms with Gasteiger partial charge < -0.3 is 9.88 Å². The number of benzene rings is 2. The average molecular weight is 445 g/mol. The van der Waals surface area contributed by atoms with E-state index in [2.05, 4.69) is 17.4 Å². The van der Waals surface area contributed by atoms with E-state index in [4.69, 9.17) is 0 Å². The van der Waals surface area contributed by atoms with Crippen molar-refractivity contribution in [2.75, 3.05) is 0 Å². The Kier molecular flexibility index (Phi) is 6.31. The average Bonchev–Trinajstić information content (AvgIpc) is 3.17.